The van der Waals surface area contributed by atoms with Gasteiger partial charge >= 0.3 is 0 Å². The minimum Gasteiger partial charge on any atom is -0.330 e. The number of halogens is 1. The average Bonchev–Trinajstić information content (AvgIpc) is 2.44. The van der Waals surface area contributed by atoms with Crippen LogP contribution >= 0.6 is 12.4 Å². The molecule has 2 amide bonds. The third-order valence-electron chi connectivity index (χ3n) is 2.85. The Morgan fingerprint density at radius 2 is 1.90 bits per heavy atom. The molecule has 6 heteroatoms. The molecule has 0 heterocycles. The molecule has 0 aliphatic rings. The standard InChI is InChI=1S/C14H21N3O2.ClH/c1-3-9-17(13(18)10-15)11(2)14(19)16-12-7-5-4-6-8-12;/h4-8,11H,3,9-10,15H2,1-2H3,(H,16,19);1H. The summed E-state index contributed by atoms with van der Waals surface area (Å²) in [6.07, 6.45) is 0.786. The number of rotatable bonds is 6. The van der Waals surface area contributed by atoms with Gasteiger partial charge in [-0.05, 0) is 25.5 Å². The Morgan fingerprint density at radius 3 is 2.40 bits per heavy atom. The van der Waals surface area contributed by atoms with E-state index in [0.717, 1.165) is 12.1 Å². The van der Waals surface area contributed by atoms with E-state index in [1.54, 1.807) is 19.1 Å². The monoisotopic (exact) mass is 299 g/mol. The number of hydrogen-bond acceptors (Lipinski definition) is 3. The van der Waals surface area contributed by atoms with Crippen molar-refractivity contribution in [2.45, 2.75) is 26.3 Å². The number of hydrogen-bond donors (Lipinski definition) is 2. The number of carbonyl (C=O) groups is 2. The molecule has 0 bridgehead atoms. The van der Waals surface area contributed by atoms with Crippen LogP contribution in [0.2, 0.25) is 0 Å². The average molecular weight is 300 g/mol. The molecule has 0 aromatic heterocycles. The zero-order valence-electron chi connectivity index (χ0n) is 11.8. The van der Waals surface area contributed by atoms with Crippen LogP contribution in [0.1, 0.15) is 20.3 Å². The van der Waals surface area contributed by atoms with Crippen molar-refractivity contribution in [2.75, 3.05) is 18.4 Å². The lowest BCUT2D eigenvalue weighted by Gasteiger charge is -2.27. The van der Waals surface area contributed by atoms with Gasteiger partial charge in [0, 0.05) is 12.2 Å². The van der Waals surface area contributed by atoms with Crippen LogP contribution in [0.25, 0.3) is 0 Å². The molecule has 1 unspecified atom stereocenters. The second-order valence-electron chi connectivity index (χ2n) is 4.32. The van der Waals surface area contributed by atoms with Crippen molar-refractivity contribution >= 4 is 29.9 Å². The van der Waals surface area contributed by atoms with Gasteiger partial charge in [-0.1, -0.05) is 25.1 Å². The van der Waals surface area contributed by atoms with Gasteiger partial charge in [0.05, 0.1) is 6.54 Å². The first kappa shape index (κ1) is 18.4. The molecular weight excluding hydrogens is 278 g/mol. The van der Waals surface area contributed by atoms with Crippen molar-refractivity contribution < 1.29 is 9.59 Å². The lowest BCUT2D eigenvalue weighted by atomic mass is 10.2. The number of amides is 2. The maximum absolute atomic E-state index is 12.1. The number of para-hydroxylation sites is 1. The van der Waals surface area contributed by atoms with Crippen molar-refractivity contribution in [1.82, 2.24) is 4.90 Å². The van der Waals surface area contributed by atoms with Crippen LogP contribution in [0.3, 0.4) is 0 Å². The van der Waals surface area contributed by atoms with Crippen LogP contribution in [0.15, 0.2) is 30.3 Å². The Morgan fingerprint density at radius 1 is 1.30 bits per heavy atom. The van der Waals surface area contributed by atoms with Gasteiger partial charge in [0.1, 0.15) is 6.04 Å². The van der Waals surface area contributed by atoms with Crippen molar-refractivity contribution in [3.63, 3.8) is 0 Å². The zero-order valence-corrected chi connectivity index (χ0v) is 12.7. The van der Waals surface area contributed by atoms with Crippen LogP contribution in [-0.2, 0) is 9.59 Å². The molecule has 20 heavy (non-hydrogen) atoms. The summed E-state index contributed by atoms with van der Waals surface area (Å²) in [7, 11) is 0. The zero-order chi connectivity index (χ0) is 14.3. The lowest BCUT2D eigenvalue weighted by Crippen LogP contribution is -2.48. The smallest absolute Gasteiger partial charge is 0.246 e. The highest BCUT2D eigenvalue weighted by atomic mass is 35.5. The highest BCUT2D eigenvalue weighted by Crippen LogP contribution is 2.08. The van der Waals surface area contributed by atoms with Crippen LogP contribution in [0, 0.1) is 0 Å². The number of benzene rings is 1. The first-order valence-electron chi connectivity index (χ1n) is 6.45. The van der Waals surface area contributed by atoms with Crippen molar-refractivity contribution in [3.8, 4) is 0 Å². The summed E-state index contributed by atoms with van der Waals surface area (Å²) in [5, 5.41) is 2.79. The van der Waals surface area contributed by atoms with Crippen LogP contribution in [0.4, 0.5) is 5.69 Å². The maximum atomic E-state index is 12.1. The second kappa shape index (κ2) is 9.34. The first-order valence-corrected chi connectivity index (χ1v) is 6.45. The molecule has 112 valence electrons. The van der Waals surface area contributed by atoms with E-state index in [1.807, 2.05) is 25.1 Å². The second-order valence-corrected chi connectivity index (χ2v) is 4.32. The third kappa shape index (κ3) is 5.19. The van der Waals surface area contributed by atoms with E-state index in [9.17, 15) is 9.59 Å². The molecule has 1 rings (SSSR count). The summed E-state index contributed by atoms with van der Waals surface area (Å²) in [6.45, 7) is 4.11. The summed E-state index contributed by atoms with van der Waals surface area (Å²) in [6, 6.07) is 8.64. The number of anilines is 1. The maximum Gasteiger partial charge on any atom is 0.246 e. The van der Waals surface area contributed by atoms with Crippen LogP contribution in [0.5, 0.6) is 0 Å². The highest BCUT2D eigenvalue weighted by molar-refractivity contribution is 5.97. The molecule has 3 N–H and O–H groups in total. The van der Waals surface area contributed by atoms with Crippen molar-refractivity contribution in [3.05, 3.63) is 30.3 Å². The normalized spacial score (nSPS) is 11.2. The van der Waals surface area contributed by atoms with E-state index >= 15 is 0 Å². The summed E-state index contributed by atoms with van der Waals surface area (Å²) in [5.74, 6) is -0.418. The van der Waals surface area contributed by atoms with Gasteiger partial charge in [0.2, 0.25) is 11.8 Å². The van der Waals surface area contributed by atoms with Gasteiger partial charge in [-0.15, -0.1) is 12.4 Å². The highest BCUT2D eigenvalue weighted by Gasteiger charge is 2.24. The molecule has 0 aliphatic heterocycles. The topological polar surface area (TPSA) is 75.4 Å². The van der Waals surface area contributed by atoms with Crippen molar-refractivity contribution in [2.24, 2.45) is 5.73 Å². The number of carbonyl (C=O) groups excluding carboxylic acids is 2. The third-order valence-corrected chi connectivity index (χ3v) is 2.85. The van der Waals surface area contributed by atoms with E-state index in [1.165, 1.54) is 4.90 Å². The number of nitrogens with two attached hydrogens (primary N) is 1. The Balaban J connectivity index is 0.00000361. The Kier molecular flexibility index (Phi) is 8.59. The lowest BCUT2D eigenvalue weighted by molar-refractivity contribution is -0.136. The molecule has 0 saturated heterocycles. The predicted octanol–water partition coefficient (Wildman–Crippen LogP) is 1.63. The minimum absolute atomic E-state index is 0. The summed E-state index contributed by atoms with van der Waals surface area (Å²) < 4.78 is 0. The van der Waals surface area contributed by atoms with Crippen LogP contribution in [-0.4, -0.2) is 35.8 Å². The van der Waals surface area contributed by atoms with Gasteiger partial charge < -0.3 is 16.0 Å². The fourth-order valence-corrected chi connectivity index (χ4v) is 1.80. The Labute approximate surface area is 125 Å². The van der Waals surface area contributed by atoms with Gasteiger partial charge in [-0.25, -0.2) is 0 Å². The van der Waals surface area contributed by atoms with Crippen molar-refractivity contribution in [1.29, 1.82) is 0 Å². The largest absolute Gasteiger partial charge is 0.330 e. The molecule has 0 spiro atoms. The fourth-order valence-electron chi connectivity index (χ4n) is 1.80. The molecule has 0 fully saturated rings. The SMILES string of the molecule is CCCN(C(=O)CN)C(C)C(=O)Nc1ccccc1.Cl. The predicted molar refractivity (Wildman–Crippen MR) is 82.8 cm³/mol. The Bertz CT molecular complexity index is 426. The van der Waals surface area contributed by atoms with E-state index in [4.69, 9.17) is 5.73 Å². The van der Waals surface area contributed by atoms with Gasteiger partial charge in [0.25, 0.3) is 0 Å². The first-order chi connectivity index (χ1) is 9.10. The molecule has 0 aliphatic carbocycles. The number of nitrogens with zero attached hydrogens (tertiary/aromatic N) is 1. The van der Waals surface area contributed by atoms with Crippen LogP contribution < -0.4 is 11.1 Å². The van der Waals surface area contributed by atoms with Gasteiger partial charge in [-0.3, -0.25) is 9.59 Å². The summed E-state index contributed by atoms with van der Waals surface area (Å²) >= 11 is 0. The van der Waals surface area contributed by atoms with Gasteiger partial charge in [-0.2, -0.15) is 0 Å². The van der Waals surface area contributed by atoms with E-state index in [-0.39, 0.29) is 30.8 Å². The van der Waals surface area contributed by atoms with E-state index < -0.39 is 6.04 Å². The molecule has 0 saturated carbocycles. The molecular formula is C14H22ClN3O2. The van der Waals surface area contributed by atoms with E-state index in [0.29, 0.717) is 6.54 Å². The molecule has 5 nitrogen and oxygen atoms in total. The molecule has 1 atom stereocenters. The van der Waals surface area contributed by atoms with Gasteiger partial charge in [0.15, 0.2) is 0 Å². The molecule has 1 aromatic rings. The molecule has 0 radical (unpaired) electrons. The minimum atomic E-state index is -0.531. The Hall–Kier alpha value is -1.59. The fraction of sp³-hybridized carbons (Fsp3) is 0.429. The number of nitrogens with one attached hydrogen (secondary N) is 1. The summed E-state index contributed by atoms with van der Waals surface area (Å²) in [5.41, 5.74) is 6.09. The molecule has 1 aromatic carbocycles. The quantitative estimate of drug-likeness (QED) is 0.838. The van der Waals surface area contributed by atoms with E-state index in [2.05, 4.69) is 5.32 Å². The summed E-state index contributed by atoms with van der Waals surface area (Å²) in [4.78, 5) is 25.3.